The molecule has 5 aromatic rings. The predicted molar refractivity (Wildman–Crippen MR) is 207 cm³/mol. The van der Waals surface area contributed by atoms with Gasteiger partial charge in [0.2, 0.25) is 5.91 Å². The van der Waals surface area contributed by atoms with Crippen molar-refractivity contribution in [3.05, 3.63) is 88.2 Å². The normalized spacial score (nSPS) is 18.2. The van der Waals surface area contributed by atoms with Gasteiger partial charge in [0.25, 0.3) is 0 Å². The second kappa shape index (κ2) is 15.1. The summed E-state index contributed by atoms with van der Waals surface area (Å²) in [4.78, 5) is 21.2. The highest BCUT2D eigenvalue weighted by molar-refractivity contribution is 8.24. The van der Waals surface area contributed by atoms with Gasteiger partial charge in [-0.3, -0.25) is 18.9 Å². The zero-order valence-electron chi connectivity index (χ0n) is 28.6. The fraction of sp³-hybridized carbons (Fsp3) is 0.342. The van der Waals surface area contributed by atoms with E-state index in [1.54, 1.807) is 13.3 Å². The van der Waals surface area contributed by atoms with Crippen LogP contribution in [0.4, 0.5) is 0 Å². The number of aryl methyl sites for hydroxylation is 1. The Balaban J connectivity index is 1.11. The van der Waals surface area contributed by atoms with Gasteiger partial charge < -0.3 is 25.3 Å². The minimum absolute atomic E-state index is 0.106. The van der Waals surface area contributed by atoms with Gasteiger partial charge in [-0.2, -0.15) is 10.6 Å². The number of halogens is 2. The van der Waals surface area contributed by atoms with Crippen molar-refractivity contribution in [2.24, 2.45) is 7.05 Å². The number of hydrogen-bond acceptors (Lipinski definition) is 8. The van der Waals surface area contributed by atoms with Crippen LogP contribution in [0.3, 0.4) is 0 Å². The minimum Gasteiger partial charge on any atom is -0.496 e. The van der Waals surface area contributed by atoms with Crippen molar-refractivity contribution in [2.75, 3.05) is 25.2 Å². The molecule has 0 spiro atoms. The van der Waals surface area contributed by atoms with Crippen LogP contribution in [-0.4, -0.2) is 66.8 Å². The first-order valence-electron chi connectivity index (χ1n) is 17.1. The summed E-state index contributed by atoms with van der Waals surface area (Å²) in [7, 11) is 1.23. The first-order valence-corrected chi connectivity index (χ1v) is 19.8. The summed E-state index contributed by atoms with van der Waals surface area (Å²) in [5.41, 5.74) is 7.50. The van der Waals surface area contributed by atoms with E-state index in [4.69, 9.17) is 32.9 Å². The third kappa shape index (κ3) is 7.75. The van der Waals surface area contributed by atoms with Gasteiger partial charge in [-0.15, -0.1) is 0 Å². The molecular formula is C38H42Cl2N6O4S. The molecule has 2 fully saturated rings. The zero-order valence-corrected chi connectivity index (χ0v) is 30.9. The Morgan fingerprint density at radius 2 is 1.76 bits per heavy atom. The van der Waals surface area contributed by atoms with Crippen LogP contribution < -0.4 is 20.7 Å². The Hall–Kier alpha value is -3.68. The molecule has 2 saturated heterocycles. The molecular weight excluding hydrogens is 707 g/mol. The molecule has 13 heteroatoms. The number of fused-ring (bicyclic) bond motifs is 1. The van der Waals surface area contributed by atoms with Crippen molar-refractivity contribution in [2.45, 2.75) is 50.9 Å². The summed E-state index contributed by atoms with van der Waals surface area (Å²) < 4.78 is 27.7. The minimum atomic E-state index is -2.40. The second-order valence-corrected chi connectivity index (χ2v) is 16.5. The number of carbonyl (C=O) groups is 1. The molecule has 0 saturated carbocycles. The van der Waals surface area contributed by atoms with Gasteiger partial charge in [0.15, 0.2) is 0 Å². The van der Waals surface area contributed by atoms with Crippen LogP contribution in [0.2, 0.25) is 10.0 Å². The molecule has 5 heterocycles. The lowest BCUT2D eigenvalue weighted by atomic mass is 9.99. The van der Waals surface area contributed by atoms with Crippen molar-refractivity contribution in [1.29, 1.82) is 0 Å². The average molecular weight is 750 g/mol. The van der Waals surface area contributed by atoms with E-state index < -0.39 is 10.6 Å². The number of nitrogens with zero attached hydrogens (tertiary/aromatic N) is 3. The second-order valence-electron chi connectivity index (χ2n) is 13.3. The molecule has 3 aromatic heterocycles. The van der Waals surface area contributed by atoms with Crippen molar-refractivity contribution >= 4 is 50.7 Å². The Kier molecular flexibility index (Phi) is 10.6. The summed E-state index contributed by atoms with van der Waals surface area (Å²) in [6, 6.07) is 18.2. The molecule has 1 amide bonds. The predicted octanol–water partition coefficient (Wildman–Crippen LogP) is 7.66. The molecule has 2 aliphatic heterocycles. The van der Waals surface area contributed by atoms with E-state index in [1.807, 2.05) is 60.1 Å². The maximum atomic E-state index is 11.5. The van der Waals surface area contributed by atoms with E-state index in [-0.39, 0.29) is 18.0 Å². The number of benzene rings is 2. The monoisotopic (exact) mass is 748 g/mol. The van der Waals surface area contributed by atoms with Crippen molar-refractivity contribution < 1.29 is 18.6 Å². The van der Waals surface area contributed by atoms with Gasteiger partial charge >= 0.3 is 0 Å². The van der Waals surface area contributed by atoms with Crippen LogP contribution in [0.5, 0.6) is 5.75 Å². The van der Waals surface area contributed by atoms with Crippen LogP contribution >= 0.6 is 33.8 Å². The van der Waals surface area contributed by atoms with Crippen LogP contribution in [0, 0.1) is 0 Å². The van der Waals surface area contributed by atoms with Crippen LogP contribution in [-0.2, 0) is 24.9 Å². The number of carbonyl (C=O) groups excluding carboxylic acids is 1. The highest BCUT2D eigenvalue weighted by atomic mass is 35.5. The van der Waals surface area contributed by atoms with Crippen LogP contribution in [0.25, 0.3) is 44.7 Å². The maximum Gasteiger partial charge on any atom is 0.220 e. The smallest absolute Gasteiger partial charge is 0.220 e. The van der Waals surface area contributed by atoms with E-state index in [0.717, 1.165) is 69.4 Å². The molecule has 2 aliphatic rings. The summed E-state index contributed by atoms with van der Waals surface area (Å²) in [6.45, 7) is 1.97. The first kappa shape index (κ1) is 35.7. The number of ether oxygens (including phenoxy) is 1. The first-order chi connectivity index (χ1) is 24.6. The Morgan fingerprint density at radius 1 is 0.980 bits per heavy atom. The number of pyridine rings is 2. The lowest BCUT2D eigenvalue weighted by molar-refractivity contribution is -0.119. The van der Waals surface area contributed by atoms with Crippen LogP contribution in [0.15, 0.2) is 67.0 Å². The van der Waals surface area contributed by atoms with Gasteiger partial charge in [0.1, 0.15) is 11.4 Å². The Bertz CT molecular complexity index is 2080. The van der Waals surface area contributed by atoms with E-state index in [2.05, 4.69) is 33.2 Å². The highest BCUT2D eigenvalue weighted by Crippen LogP contribution is 2.44. The van der Waals surface area contributed by atoms with Gasteiger partial charge in [0, 0.05) is 102 Å². The van der Waals surface area contributed by atoms with E-state index in [9.17, 15) is 13.9 Å². The average Bonchev–Trinajstić information content (AvgIpc) is 3.69. The van der Waals surface area contributed by atoms with Crippen molar-refractivity contribution in [3.63, 3.8) is 0 Å². The number of hydrogen-bond donors (Lipinski definition) is 5. The van der Waals surface area contributed by atoms with Crippen molar-refractivity contribution in [3.8, 4) is 39.4 Å². The molecule has 10 nitrogen and oxygen atoms in total. The molecule has 268 valence electrons. The quantitative estimate of drug-likeness (QED) is 0.0931. The lowest BCUT2D eigenvalue weighted by Crippen LogP contribution is -2.35. The largest absolute Gasteiger partial charge is 0.496 e. The lowest BCUT2D eigenvalue weighted by Gasteiger charge is -2.39. The molecule has 0 radical (unpaired) electrons. The molecule has 7 rings (SSSR count). The molecule has 0 bridgehead atoms. The SMILES string of the molecule is COc1cc(-c2nccc(-c3cccc(-c4ccc5c(CNC6CCS(O)(O)CC6)cn(C)c5n4)c3Cl)c2Cl)ccc1CNCC1CCC(=O)N1. The number of aromatic nitrogens is 3. The zero-order chi connectivity index (χ0) is 35.7. The van der Waals surface area contributed by atoms with E-state index >= 15 is 0 Å². The number of nitrogens with one attached hydrogen (secondary N) is 3. The molecule has 51 heavy (non-hydrogen) atoms. The van der Waals surface area contributed by atoms with Crippen LogP contribution in [0.1, 0.15) is 36.8 Å². The number of methoxy groups -OCH3 is 1. The van der Waals surface area contributed by atoms with Crippen molar-refractivity contribution in [1.82, 2.24) is 30.5 Å². The van der Waals surface area contributed by atoms with Gasteiger partial charge in [-0.25, -0.2) is 4.98 Å². The number of amides is 1. The fourth-order valence-electron chi connectivity index (χ4n) is 7.03. The summed E-state index contributed by atoms with van der Waals surface area (Å²) in [6.07, 6.45) is 6.77. The fourth-order valence-corrected chi connectivity index (χ4v) is 9.21. The molecule has 1 atom stereocenters. The van der Waals surface area contributed by atoms with E-state index in [1.165, 1.54) is 0 Å². The third-order valence-electron chi connectivity index (χ3n) is 9.88. The van der Waals surface area contributed by atoms with Gasteiger partial charge in [0.05, 0.1) is 28.5 Å². The Morgan fingerprint density at radius 3 is 2.53 bits per heavy atom. The molecule has 0 aliphatic carbocycles. The topological polar surface area (TPSA) is 134 Å². The molecule has 5 N–H and O–H groups in total. The van der Waals surface area contributed by atoms with Gasteiger partial charge in [-0.05, 0) is 49.1 Å². The third-order valence-corrected chi connectivity index (χ3v) is 12.4. The van der Waals surface area contributed by atoms with Gasteiger partial charge in [-0.1, -0.05) is 53.5 Å². The molecule has 1 unspecified atom stereocenters. The highest BCUT2D eigenvalue weighted by Gasteiger charge is 2.25. The summed E-state index contributed by atoms with van der Waals surface area (Å²) in [5.74, 6) is 1.74. The maximum absolute atomic E-state index is 11.5. The summed E-state index contributed by atoms with van der Waals surface area (Å²) >= 11 is 14.2. The Labute approximate surface area is 309 Å². The summed E-state index contributed by atoms with van der Waals surface area (Å²) in [5, 5.41) is 12.1. The standard InChI is InChI=1S/C38H42Cl2N6O4S/c1-46-22-25(20-43-26-13-16-51(48,49)17-14-26)28-9-10-32(45-38(28)46)31-5-3-4-29(35(31)39)30-12-15-42-37(36(30)40)23-6-7-24(33(18-23)50-2)19-41-21-27-8-11-34(47)44-27/h3-7,9-10,12,15,18,22,26-27,41,43,48-49H,8,11,13-14,16-17,19-21H2,1-2H3,(H,44,47). The number of rotatable bonds is 11. The van der Waals surface area contributed by atoms with E-state index in [0.29, 0.717) is 59.0 Å². The molecule has 2 aromatic carbocycles.